The van der Waals surface area contributed by atoms with E-state index in [0.29, 0.717) is 6.04 Å². The number of piperazine rings is 1. The van der Waals surface area contributed by atoms with Crippen LogP contribution >= 0.6 is 0 Å². The number of nitrogens with zero attached hydrogens (tertiary/aromatic N) is 3. The van der Waals surface area contributed by atoms with Crippen molar-refractivity contribution < 1.29 is 4.79 Å². The standard InChI is InChI=1S/C16H24N4O/c1-11(2)19-6-8-20(9-7-19)12-4-5-13-14(10-12)18(3)16(21)15(13)17/h4-5,10-11,15H,6-9,17H2,1-3H3. The Morgan fingerprint density at radius 3 is 2.48 bits per heavy atom. The molecule has 0 spiro atoms. The molecule has 1 amide bonds. The van der Waals surface area contributed by atoms with Crippen LogP contribution in [0.4, 0.5) is 11.4 Å². The SMILES string of the molecule is CC(C)N1CCN(c2ccc3c(c2)N(C)C(=O)C3N)CC1. The van der Waals surface area contributed by atoms with Crippen LogP contribution in [0.5, 0.6) is 0 Å². The summed E-state index contributed by atoms with van der Waals surface area (Å²) in [6.07, 6.45) is 0. The molecule has 21 heavy (non-hydrogen) atoms. The van der Waals surface area contributed by atoms with E-state index in [1.165, 1.54) is 5.69 Å². The molecular weight excluding hydrogens is 264 g/mol. The lowest BCUT2D eigenvalue weighted by Crippen LogP contribution is -2.48. The van der Waals surface area contributed by atoms with Gasteiger partial charge >= 0.3 is 0 Å². The predicted molar refractivity (Wildman–Crippen MR) is 85.7 cm³/mol. The molecule has 0 saturated carbocycles. The normalized spacial score (nSPS) is 23.1. The summed E-state index contributed by atoms with van der Waals surface area (Å²) in [5.41, 5.74) is 9.03. The van der Waals surface area contributed by atoms with Gasteiger partial charge in [-0.05, 0) is 26.0 Å². The maximum atomic E-state index is 11.9. The summed E-state index contributed by atoms with van der Waals surface area (Å²) in [5, 5.41) is 0. The molecule has 2 aliphatic rings. The van der Waals surface area contributed by atoms with Crippen molar-refractivity contribution in [3.05, 3.63) is 23.8 Å². The first-order valence-electron chi connectivity index (χ1n) is 7.65. The third kappa shape index (κ3) is 2.40. The first-order valence-corrected chi connectivity index (χ1v) is 7.65. The van der Waals surface area contributed by atoms with Gasteiger partial charge in [-0.15, -0.1) is 0 Å². The molecule has 114 valence electrons. The Kier molecular flexibility index (Phi) is 3.63. The maximum absolute atomic E-state index is 11.9. The van der Waals surface area contributed by atoms with Gasteiger partial charge in [0.25, 0.3) is 0 Å². The second kappa shape index (κ2) is 5.31. The minimum atomic E-state index is -0.503. The van der Waals surface area contributed by atoms with Gasteiger partial charge in [0.05, 0.1) is 5.69 Å². The Bertz CT molecular complexity index is 549. The molecule has 1 fully saturated rings. The summed E-state index contributed by atoms with van der Waals surface area (Å²) in [5.74, 6) is -0.0215. The van der Waals surface area contributed by atoms with Crippen LogP contribution in [0.25, 0.3) is 0 Å². The van der Waals surface area contributed by atoms with E-state index in [9.17, 15) is 4.79 Å². The fourth-order valence-electron chi connectivity index (χ4n) is 3.24. The molecule has 3 rings (SSSR count). The lowest BCUT2D eigenvalue weighted by Gasteiger charge is -2.38. The fourth-order valence-corrected chi connectivity index (χ4v) is 3.24. The van der Waals surface area contributed by atoms with Gasteiger partial charge in [0, 0.05) is 50.5 Å². The summed E-state index contributed by atoms with van der Waals surface area (Å²) in [7, 11) is 1.80. The van der Waals surface area contributed by atoms with Gasteiger partial charge in [0.2, 0.25) is 5.91 Å². The zero-order valence-corrected chi connectivity index (χ0v) is 13.0. The van der Waals surface area contributed by atoms with E-state index in [-0.39, 0.29) is 5.91 Å². The highest BCUT2D eigenvalue weighted by atomic mass is 16.2. The summed E-state index contributed by atoms with van der Waals surface area (Å²) in [6, 6.07) is 6.30. The Morgan fingerprint density at radius 1 is 1.19 bits per heavy atom. The van der Waals surface area contributed by atoms with E-state index < -0.39 is 6.04 Å². The number of nitrogens with two attached hydrogens (primary N) is 1. The van der Waals surface area contributed by atoms with Crippen molar-refractivity contribution in [2.75, 3.05) is 43.0 Å². The largest absolute Gasteiger partial charge is 0.369 e. The minimum Gasteiger partial charge on any atom is -0.369 e. The van der Waals surface area contributed by atoms with Crippen molar-refractivity contribution >= 4 is 17.3 Å². The molecule has 0 aromatic heterocycles. The molecule has 1 atom stereocenters. The van der Waals surface area contributed by atoms with Crippen LogP contribution in [-0.2, 0) is 4.79 Å². The van der Waals surface area contributed by atoms with Crippen LogP contribution in [0, 0.1) is 0 Å². The molecule has 5 nitrogen and oxygen atoms in total. The highest BCUT2D eigenvalue weighted by molar-refractivity contribution is 6.04. The molecule has 1 aromatic rings. The third-order valence-electron chi connectivity index (χ3n) is 4.72. The van der Waals surface area contributed by atoms with Crippen molar-refractivity contribution in [2.24, 2.45) is 5.73 Å². The second-order valence-electron chi connectivity index (χ2n) is 6.23. The number of likely N-dealkylation sites (N-methyl/N-ethyl adjacent to an activating group) is 1. The van der Waals surface area contributed by atoms with E-state index in [1.54, 1.807) is 11.9 Å². The van der Waals surface area contributed by atoms with E-state index in [4.69, 9.17) is 5.73 Å². The molecule has 2 N–H and O–H groups in total. The summed E-state index contributed by atoms with van der Waals surface area (Å²) < 4.78 is 0. The van der Waals surface area contributed by atoms with Gasteiger partial charge < -0.3 is 15.5 Å². The van der Waals surface area contributed by atoms with Crippen molar-refractivity contribution in [3.63, 3.8) is 0 Å². The van der Waals surface area contributed by atoms with Crippen molar-refractivity contribution in [1.82, 2.24) is 4.90 Å². The highest BCUT2D eigenvalue weighted by Crippen LogP contribution is 2.36. The van der Waals surface area contributed by atoms with Gasteiger partial charge in [-0.2, -0.15) is 0 Å². The molecular formula is C16H24N4O. The van der Waals surface area contributed by atoms with E-state index >= 15 is 0 Å². The average molecular weight is 288 g/mol. The number of amides is 1. The molecule has 0 aliphatic carbocycles. The Hall–Kier alpha value is -1.59. The van der Waals surface area contributed by atoms with Crippen LogP contribution in [0.2, 0.25) is 0 Å². The highest BCUT2D eigenvalue weighted by Gasteiger charge is 2.33. The van der Waals surface area contributed by atoms with Crippen LogP contribution in [-0.4, -0.2) is 50.1 Å². The van der Waals surface area contributed by atoms with Gasteiger partial charge in [-0.25, -0.2) is 0 Å². The second-order valence-corrected chi connectivity index (χ2v) is 6.23. The number of carbonyl (C=O) groups excluding carboxylic acids is 1. The van der Waals surface area contributed by atoms with Crippen LogP contribution in [0.1, 0.15) is 25.5 Å². The van der Waals surface area contributed by atoms with Gasteiger partial charge in [-0.3, -0.25) is 9.69 Å². The number of anilines is 2. The third-order valence-corrected chi connectivity index (χ3v) is 4.72. The molecule has 1 unspecified atom stereocenters. The summed E-state index contributed by atoms with van der Waals surface area (Å²) >= 11 is 0. The monoisotopic (exact) mass is 288 g/mol. The Morgan fingerprint density at radius 2 is 1.86 bits per heavy atom. The van der Waals surface area contributed by atoms with Crippen LogP contribution in [0.15, 0.2) is 18.2 Å². The van der Waals surface area contributed by atoms with Gasteiger partial charge in [0.1, 0.15) is 6.04 Å². The fraction of sp³-hybridized carbons (Fsp3) is 0.562. The lowest BCUT2D eigenvalue weighted by molar-refractivity contribution is -0.118. The molecule has 2 heterocycles. The first-order chi connectivity index (χ1) is 9.99. The van der Waals surface area contributed by atoms with Crippen molar-refractivity contribution in [1.29, 1.82) is 0 Å². The van der Waals surface area contributed by atoms with E-state index in [0.717, 1.165) is 37.4 Å². The Balaban J connectivity index is 1.79. The van der Waals surface area contributed by atoms with Gasteiger partial charge in [-0.1, -0.05) is 6.07 Å². The Labute approximate surface area is 126 Å². The summed E-state index contributed by atoms with van der Waals surface area (Å²) in [4.78, 5) is 18.5. The number of carbonyl (C=O) groups is 1. The summed E-state index contributed by atoms with van der Waals surface area (Å²) in [6.45, 7) is 8.72. The maximum Gasteiger partial charge on any atom is 0.248 e. The average Bonchev–Trinajstić information content (AvgIpc) is 2.72. The van der Waals surface area contributed by atoms with E-state index in [2.05, 4.69) is 35.8 Å². The zero-order chi connectivity index (χ0) is 15.1. The van der Waals surface area contributed by atoms with Gasteiger partial charge in [0.15, 0.2) is 0 Å². The molecule has 1 saturated heterocycles. The lowest BCUT2D eigenvalue weighted by atomic mass is 10.1. The molecule has 1 aromatic carbocycles. The number of benzene rings is 1. The predicted octanol–water partition coefficient (Wildman–Crippen LogP) is 1.19. The van der Waals surface area contributed by atoms with Crippen molar-refractivity contribution in [2.45, 2.75) is 25.9 Å². The number of hydrogen-bond acceptors (Lipinski definition) is 4. The molecule has 0 radical (unpaired) electrons. The van der Waals surface area contributed by atoms with E-state index in [1.807, 2.05) is 6.07 Å². The number of hydrogen-bond donors (Lipinski definition) is 1. The minimum absolute atomic E-state index is 0.0215. The van der Waals surface area contributed by atoms with Crippen molar-refractivity contribution in [3.8, 4) is 0 Å². The topological polar surface area (TPSA) is 52.8 Å². The number of fused-ring (bicyclic) bond motifs is 1. The zero-order valence-electron chi connectivity index (χ0n) is 13.0. The first kappa shape index (κ1) is 14.4. The quantitative estimate of drug-likeness (QED) is 0.888. The van der Waals surface area contributed by atoms with Crippen LogP contribution in [0.3, 0.4) is 0 Å². The smallest absolute Gasteiger partial charge is 0.248 e. The molecule has 2 aliphatic heterocycles. The number of rotatable bonds is 2. The molecule has 0 bridgehead atoms. The van der Waals surface area contributed by atoms with Crippen LogP contribution < -0.4 is 15.5 Å². The molecule has 5 heteroatoms.